The van der Waals surface area contributed by atoms with Crippen molar-refractivity contribution in [2.24, 2.45) is 0 Å². The van der Waals surface area contributed by atoms with E-state index in [-0.39, 0.29) is 16.7 Å². The molecule has 1 rings (SSSR count). The molecule has 1 aromatic carbocycles. The number of sulfonamides is 1. The van der Waals surface area contributed by atoms with Gasteiger partial charge in [0.15, 0.2) is 0 Å². The lowest BCUT2D eigenvalue weighted by Crippen LogP contribution is -2.32. The Morgan fingerprint density at radius 1 is 1.50 bits per heavy atom. The lowest BCUT2D eigenvalue weighted by Gasteiger charge is -2.11. The van der Waals surface area contributed by atoms with E-state index in [0.717, 1.165) is 0 Å². The topological polar surface area (TPSA) is 89.3 Å². The van der Waals surface area contributed by atoms with Crippen LogP contribution in [0.1, 0.15) is 6.92 Å². The van der Waals surface area contributed by atoms with Crippen LogP contribution < -0.4 is 10.5 Å². The number of anilines is 1. The second-order valence-corrected chi connectivity index (χ2v) is 8.27. The summed E-state index contributed by atoms with van der Waals surface area (Å²) in [6.45, 7) is 1.85. The maximum Gasteiger partial charge on any atom is 0.240 e. The van der Waals surface area contributed by atoms with Gasteiger partial charge in [-0.3, -0.25) is 4.21 Å². The van der Waals surface area contributed by atoms with Crippen LogP contribution in [0.25, 0.3) is 0 Å². The molecule has 0 saturated carbocycles. The molecule has 0 bridgehead atoms. The van der Waals surface area contributed by atoms with Gasteiger partial charge in [0.1, 0.15) is 0 Å². The molecule has 2 unspecified atom stereocenters. The molecule has 0 amide bonds. The van der Waals surface area contributed by atoms with Gasteiger partial charge >= 0.3 is 0 Å². The van der Waals surface area contributed by atoms with Crippen molar-refractivity contribution in [3.8, 4) is 0 Å². The van der Waals surface area contributed by atoms with Crippen LogP contribution in [-0.2, 0) is 20.8 Å². The summed E-state index contributed by atoms with van der Waals surface area (Å²) in [5, 5.41) is -0.239. The summed E-state index contributed by atoms with van der Waals surface area (Å²) in [7, 11) is -4.66. The van der Waals surface area contributed by atoms with Gasteiger partial charge in [-0.05, 0) is 41.1 Å². The second kappa shape index (κ2) is 6.14. The van der Waals surface area contributed by atoms with E-state index in [9.17, 15) is 12.6 Å². The second-order valence-electron chi connectivity index (χ2n) is 3.84. The molecule has 2 atom stereocenters. The quantitative estimate of drug-likeness (QED) is 0.774. The van der Waals surface area contributed by atoms with Crippen molar-refractivity contribution in [3.05, 3.63) is 22.7 Å². The average molecular weight is 355 g/mol. The van der Waals surface area contributed by atoms with Gasteiger partial charge in [-0.25, -0.2) is 13.1 Å². The zero-order valence-corrected chi connectivity index (χ0v) is 13.2. The van der Waals surface area contributed by atoms with Crippen LogP contribution in [0, 0.1) is 0 Å². The van der Waals surface area contributed by atoms with Crippen LogP contribution in [0.2, 0.25) is 0 Å². The van der Waals surface area contributed by atoms with Gasteiger partial charge in [0, 0.05) is 39.0 Å². The first-order chi connectivity index (χ1) is 8.24. The summed E-state index contributed by atoms with van der Waals surface area (Å²) >= 11 is 3.18. The fourth-order valence-corrected chi connectivity index (χ4v) is 3.21. The minimum absolute atomic E-state index is 0.123. The summed E-state index contributed by atoms with van der Waals surface area (Å²) in [4.78, 5) is 0.123. The van der Waals surface area contributed by atoms with E-state index in [1.807, 2.05) is 0 Å². The zero-order chi connectivity index (χ0) is 13.9. The first-order valence-corrected chi connectivity index (χ1v) is 9.00. The number of benzene rings is 1. The van der Waals surface area contributed by atoms with Gasteiger partial charge in [0.2, 0.25) is 10.0 Å². The Kier molecular flexibility index (Phi) is 5.32. The van der Waals surface area contributed by atoms with Crippen LogP contribution in [0.4, 0.5) is 5.69 Å². The number of halogens is 1. The first kappa shape index (κ1) is 15.6. The molecule has 0 aliphatic rings. The lowest BCUT2D eigenvalue weighted by atomic mass is 10.3. The molecule has 0 aliphatic carbocycles. The maximum absolute atomic E-state index is 12.0. The predicted molar refractivity (Wildman–Crippen MR) is 77.3 cm³/mol. The first-order valence-electron chi connectivity index (χ1n) is 5.11. The molecule has 5 nitrogen and oxygen atoms in total. The lowest BCUT2D eigenvalue weighted by molar-refractivity contribution is 0.580. The molecule has 0 spiro atoms. The fourth-order valence-electron chi connectivity index (χ4n) is 1.10. The highest BCUT2D eigenvalue weighted by Gasteiger charge is 2.17. The van der Waals surface area contributed by atoms with Crippen LogP contribution in [-0.4, -0.2) is 30.7 Å². The van der Waals surface area contributed by atoms with Crippen LogP contribution in [0.5, 0.6) is 0 Å². The molecule has 0 fully saturated rings. The van der Waals surface area contributed by atoms with Gasteiger partial charge in [-0.1, -0.05) is 0 Å². The predicted octanol–water partition coefficient (Wildman–Crippen LogP) is 1.08. The van der Waals surface area contributed by atoms with Crippen molar-refractivity contribution in [3.63, 3.8) is 0 Å². The molecule has 0 saturated heterocycles. The largest absolute Gasteiger partial charge is 0.398 e. The third-order valence-corrected chi connectivity index (χ3v) is 5.82. The van der Waals surface area contributed by atoms with E-state index in [4.69, 9.17) is 5.73 Å². The van der Waals surface area contributed by atoms with Gasteiger partial charge in [0.05, 0.1) is 4.90 Å². The minimum Gasteiger partial charge on any atom is -0.398 e. The van der Waals surface area contributed by atoms with Gasteiger partial charge < -0.3 is 5.73 Å². The fraction of sp³-hybridized carbons (Fsp3) is 0.400. The summed E-state index contributed by atoms with van der Waals surface area (Å²) in [5.41, 5.74) is 6.06. The number of hydrogen-bond donors (Lipinski definition) is 2. The Labute approximate surface area is 118 Å². The monoisotopic (exact) mass is 354 g/mol. The van der Waals surface area contributed by atoms with Crippen molar-refractivity contribution in [2.75, 3.05) is 18.5 Å². The van der Waals surface area contributed by atoms with Crippen molar-refractivity contribution in [2.45, 2.75) is 17.1 Å². The third-order valence-electron chi connectivity index (χ3n) is 2.41. The summed E-state index contributed by atoms with van der Waals surface area (Å²) in [5.74, 6) is 0. The molecule has 8 heteroatoms. The van der Waals surface area contributed by atoms with Crippen molar-refractivity contribution in [1.29, 1.82) is 0 Å². The zero-order valence-electron chi connectivity index (χ0n) is 10.0. The van der Waals surface area contributed by atoms with Crippen molar-refractivity contribution < 1.29 is 12.6 Å². The highest BCUT2D eigenvalue weighted by Crippen LogP contribution is 2.22. The van der Waals surface area contributed by atoms with E-state index in [2.05, 4.69) is 20.7 Å². The van der Waals surface area contributed by atoms with E-state index < -0.39 is 20.8 Å². The molecule has 0 aromatic heterocycles. The molecular weight excluding hydrogens is 340 g/mol. The molecule has 0 radical (unpaired) electrons. The molecule has 1 aromatic rings. The van der Waals surface area contributed by atoms with E-state index in [1.54, 1.807) is 13.2 Å². The third kappa shape index (κ3) is 4.04. The Morgan fingerprint density at radius 3 is 2.61 bits per heavy atom. The van der Waals surface area contributed by atoms with Crippen LogP contribution in [0.15, 0.2) is 27.6 Å². The molecule has 0 aliphatic heterocycles. The van der Waals surface area contributed by atoms with E-state index >= 15 is 0 Å². The number of hydrogen-bond acceptors (Lipinski definition) is 4. The highest BCUT2D eigenvalue weighted by molar-refractivity contribution is 9.10. The standard InChI is InChI=1S/C10H15BrN2O3S2/c1-7(17(2)14)6-13-18(15,16)8-3-4-10(12)9(11)5-8/h3-5,7,13H,6,12H2,1-2H3. The number of rotatable bonds is 5. The number of nitrogens with one attached hydrogen (secondary N) is 1. The minimum atomic E-state index is -3.60. The van der Waals surface area contributed by atoms with E-state index in [0.29, 0.717) is 10.2 Å². The number of nitrogens with two attached hydrogens (primary N) is 1. The number of nitrogen functional groups attached to an aromatic ring is 1. The highest BCUT2D eigenvalue weighted by atomic mass is 79.9. The molecular formula is C10H15BrN2O3S2. The Morgan fingerprint density at radius 2 is 2.11 bits per heavy atom. The molecule has 3 N–H and O–H groups in total. The molecule has 0 heterocycles. The Balaban J connectivity index is 2.87. The molecule has 102 valence electrons. The molecule has 18 heavy (non-hydrogen) atoms. The van der Waals surface area contributed by atoms with Gasteiger partial charge in [-0.15, -0.1) is 0 Å². The normalized spacial score (nSPS) is 15.3. The summed E-state index contributed by atoms with van der Waals surface area (Å²) in [6, 6.07) is 4.38. The van der Waals surface area contributed by atoms with Crippen molar-refractivity contribution in [1.82, 2.24) is 4.72 Å². The SMILES string of the molecule is CC(CNS(=O)(=O)c1ccc(N)c(Br)c1)S(C)=O. The van der Waals surface area contributed by atoms with Crippen molar-refractivity contribution >= 4 is 42.4 Å². The smallest absolute Gasteiger partial charge is 0.240 e. The summed E-state index contributed by atoms with van der Waals surface area (Å²) in [6.07, 6.45) is 1.54. The maximum atomic E-state index is 12.0. The average Bonchev–Trinajstić information content (AvgIpc) is 2.29. The van der Waals surface area contributed by atoms with E-state index in [1.165, 1.54) is 18.2 Å². The van der Waals surface area contributed by atoms with Crippen LogP contribution >= 0.6 is 15.9 Å². The van der Waals surface area contributed by atoms with Gasteiger partial charge in [-0.2, -0.15) is 0 Å². The Hall–Kier alpha value is -0.440. The Bertz CT molecular complexity index is 560. The summed E-state index contributed by atoms with van der Waals surface area (Å²) < 4.78 is 38.0. The van der Waals surface area contributed by atoms with Crippen LogP contribution in [0.3, 0.4) is 0 Å². The van der Waals surface area contributed by atoms with Gasteiger partial charge in [0.25, 0.3) is 0 Å².